The summed E-state index contributed by atoms with van der Waals surface area (Å²) in [5, 5.41) is 13.3. The quantitative estimate of drug-likeness (QED) is 0.461. The van der Waals surface area contributed by atoms with Crippen molar-refractivity contribution in [2.45, 2.75) is 19.8 Å². The predicted octanol–water partition coefficient (Wildman–Crippen LogP) is 3.41. The van der Waals surface area contributed by atoms with Gasteiger partial charge >= 0.3 is 0 Å². The van der Waals surface area contributed by atoms with Gasteiger partial charge in [-0.25, -0.2) is 9.07 Å². The SMILES string of the molecule is CCNC(=NCCc1cccs1)NCCc1ccn(-c2ccc(F)cc2)n1. The van der Waals surface area contributed by atoms with E-state index < -0.39 is 0 Å². The standard InChI is InChI=1S/C20H24FN5S/c1-2-22-20(24-13-10-19-4-3-15-27-19)23-12-9-17-11-14-26(25-17)18-7-5-16(21)6-8-18/h3-8,11,14-15H,2,9-10,12-13H2,1H3,(H2,22,23,24). The third-order valence-corrected chi connectivity index (χ3v) is 4.90. The van der Waals surface area contributed by atoms with Crippen molar-refractivity contribution in [2.75, 3.05) is 19.6 Å². The van der Waals surface area contributed by atoms with Gasteiger partial charge in [-0.3, -0.25) is 4.99 Å². The van der Waals surface area contributed by atoms with Crippen LogP contribution in [-0.2, 0) is 12.8 Å². The first-order chi connectivity index (χ1) is 13.2. The van der Waals surface area contributed by atoms with E-state index in [9.17, 15) is 4.39 Å². The smallest absolute Gasteiger partial charge is 0.191 e. The summed E-state index contributed by atoms with van der Waals surface area (Å²) in [4.78, 5) is 5.97. The molecular formula is C20H24FN5S. The van der Waals surface area contributed by atoms with Crippen LogP contribution >= 0.6 is 11.3 Å². The molecule has 1 aromatic carbocycles. The lowest BCUT2D eigenvalue weighted by Crippen LogP contribution is -2.38. The summed E-state index contributed by atoms with van der Waals surface area (Å²) >= 11 is 1.76. The van der Waals surface area contributed by atoms with E-state index in [-0.39, 0.29) is 5.82 Å². The predicted molar refractivity (Wildman–Crippen MR) is 109 cm³/mol. The average Bonchev–Trinajstić information content (AvgIpc) is 3.34. The van der Waals surface area contributed by atoms with Crippen LogP contribution in [0.3, 0.4) is 0 Å². The highest BCUT2D eigenvalue weighted by molar-refractivity contribution is 7.09. The maximum atomic E-state index is 13.0. The van der Waals surface area contributed by atoms with Crippen LogP contribution in [0.25, 0.3) is 5.69 Å². The lowest BCUT2D eigenvalue weighted by Gasteiger charge is -2.10. The van der Waals surface area contributed by atoms with E-state index in [4.69, 9.17) is 0 Å². The molecule has 0 aliphatic heterocycles. The maximum absolute atomic E-state index is 13.0. The highest BCUT2D eigenvalue weighted by atomic mass is 32.1. The molecular weight excluding hydrogens is 361 g/mol. The summed E-state index contributed by atoms with van der Waals surface area (Å²) in [6, 6.07) is 12.5. The molecule has 0 unspecified atom stereocenters. The van der Waals surface area contributed by atoms with Crippen molar-refractivity contribution in [1.82, 2.24) is 20.4 Å². The molecule has 0 radical (unpaired) electrons. The van der Waals surface area contributed by atoms with E-state index in [1.54, 1.807) is 28.2 Å². The molecule has 5 nitrogen and oxygen atoms in total. The number of guanidine groups is 1. The molecule has 2 aromatic heterocycles. The van der Waals surface area contributed by atoms with E-state index in [1.165, 1.54) is 17.0 Å². The van der Waals surface area contributed by atoms with E-state index in [2.05, 4.69) is 45.2 Å². The second-order valence-electron chi connectivity index (χ2n) is 5.99. The van der Waals surface area contributed by atoms with Crippen LogP contribution < -0.4 is 10.6 Å². The summed E-state index contributed by atoms with van der Waals surface area (Å²) in [5.41, 5.74) is 1.82. The average molecular weight is 386 g/mol. The fourth-order valence-electron chi connectivity index (χ4n) is 2.62. The number of halogens is 1. The molecule has 0 aliphatic rings. The molecule has 2 N–H and O–H groups in total. The first-order valence-corrected chi connectivity index (χ1v) is 9.97. The van der Waals surface area contributed by atoms with Crippen LogP contribution in [-0.4, -0.2) is 35.4 Å². The number of benzene rings is 1. The first-order valence-electron chi connectivity index (χ1n) is 9.09. The van der Waals surface area contributed by atoms with Gasteiger partial charge in [0.05, 0.1) is 11.4 Å². The topological polar surface area (TPSA) is 54.2 Å². The molecule has 3 aromatic rings. The van der Waals surface area contributed by atoms with Gasteiger partial charge in [0, 0.05) is 43.5 Å². The summed E-state index contributed by atoms with van der Waals surface area (Å²) in [6.45, 7) is 4.38. The van der Waals surface area contributed by atoms with Crippen LogP contribution in [0.4, 0.5) is 4.39 Å². The van der Waals surface area contributed by atoms with E-state index >= 15 is 0 Å². The number of hydrogen-bond donors (Lipinski definition) is 2. The van der Waals surface area contributed by atoms with Crippen LogP contribution in [0, 0.1) is 5.82 Å². The fraction of sp³-hybridized carbons (Fsp3) is 0.300. The van der Waals surface area contributed by atoms with Crippen LogP contribution in [0.2, 0.25) is 0 Å². The summed E-state index contributed by atoms with van der Waals surface area (Å²) in [5.74, 6) is 0.580. The summed E-state index contributed by atoms with van der Waals surface area (Å²) < 4.78 is 14.8. The van der Waals surface area contributed by atoms with Crippen molar-refractivity contribution < 1.29 is 4.39 Å². The van der Waals surface area contributed by atoms with Crippen LogP contribution in [0.5, 0.6) is 0 Å². The number of nitrogens with one attached hydrogen (secondary N) is 2. The molecule has 0 fully saturated rings. The van der Waals surface area contributed by atoms with Crippen molar-refractivity contribution in [3.8, 4) is 5.69 Å². The second-order valence-corrected chi connectivity index (χ2v) is 7.03. The van der Waals surface area contributed by atoms with Crippen LogP contribution in [0.15, 0.2) is 59.0 Å². The second kappa shape index (κ2) is 9.87. The van der Waals surface area contributed by atoms with E-state index in [0.29, 0.717) is 0 Å². The monoisotopic (exact) mass is 385 g/mol. The molecule has 27 heavy (non-hydrogen) atoms. The van der Waals surface area contributed by atoms with Gasteiger partial charge in [-0.2, -0.15) is 5.10 Å². The zero-order chi connectivity index (χ0) is 18.9. The summed E-state index contributed by atoms with van der Waals surface area (Å²) in [7, 11) is 0. The van der Waals surface area contributed by atoms with E-state index in [1.807, 2.05) is 12.3 Å². The van der Waals surface area contributed by atoms with Gasteiger partial charge in [0.1, 0.15) is 5.82 Å². The Hall–Kier alpha value is -2.67. The van der Waals surface area contributed by atoms with Crippen molar-refractivity contribution in [3.63, 3.8) is 0 Å². The number of nitrogens with zero attached hydrogens (tertiary/aromatic N) is 3. The van der Waals surface area contributed by atoms with Crippen molar-refractivity contribution in [1.29, 1.82) is 0 Å². The Balaban J connectivity index is 1.48. The Morgan fingerprint density at radius 3 is 2.74 bits per heavy atom. The molecule has 2 heterocycles. The van der Waals surface area contributed by atoms with Gasteiger partial charge in [-0.1, -0.05) is 6.07 Å². The van der Waals surface area contributed by atoms with Gasteiger partial charge in [0.25, 0.3) is 0 Å². The largest absolute Gasteiger partial charge is 0.357 e. The minimum atomic E-state index is -0.246. The molecule has 0 bridgehead atoms. The molecule has 142 valence electrons. The highest BCUT2D eigenvalue weighted by Crippen LogP contribution is 2.10. The van der Waals surface area contributed by atoms with Gasteiger partial charge in [-0.05, 0) is 48.7 Å². The normalized spacial score (nSPS) is 11.6. The first kappa shape index (κ1) is 19.1. The van der Waals surface area contributed by atoms with Crippen molar-refractivity contribution >= 4 is 17.3 Å². The molecule has 0 saturated heterocycles. The number of hydrogen-bond acceptors (Lipinski definition) is 3. The Morgan fingerprint density at radius 1 is 1.15 bits per heavy atom. The highest BCUT2D eigenvalue weighted by Gasteiger charge is 2.03. The Kier molecular flexibility index (Phi) is 6.98. The molecule has 0 aliphatic carbocycles. The number of aliphatic imine (C=N–C) groups is 1. The summed E-state index contributed by atoms with van der Waals surface area (Å²) in [6.07, 6.45) is 3.63. The van der Waals surface area contributed by atoms with Crippen LogP contribution in [0.1, 0.15) is 17.5 Å². The lowest BCUT2D eigenvalue weighted by atomic mass is 10.3. The molecule has 0 saturated carbocycles. The number of aromatic nitrogens is 2. The molecule has 7 heteroatoms. The van der Waals surface area contributed by atoms with Gasteiger partial charge in [0.15, 0.2) is 5.96 Å². The molecule has 0 atom stereocenters. The van der Waals surface area contributed by atoms with Gasteiger partial charge in [0.2, 0.25) is 0 Å². The van der Waals surface area contributed by atoms with E-state index in [0.717, 1.165) is 49.8 Å². The zero-order valence-corrected chi connectivity index (χ0v) is 16.2. The molecule has 3 rings (SSSR count). The van der Waals surface area contributed by atoms with Gasteiger partial charge in [-0.15, -0.1) is 11.3 Å². The number of rotatable bonds is 8. The minimum absolute atomic E-state index is 0.246. The lowest BCUT2D eigenvalue weighted by molar-refractivity contribution is 0.627. The fourth-order valence-corrected chi connectivity index (χ4v) is 3.31. The Morgan fingerprint density at radius 2 is 2.00 bits per heavy atom. The zero-order valence-electron chi connectivity index (χ0n) is 15.4. The molecule has 0 spiro atoms. The minimum Gasteiger partial charge on any atom is -0.357 e. The third-order valence-electron chi connectivity index (χ3n) is 3.96. The van der Waals surface area contributed by atoms with Crippen molar-refractivity contribution in [3.05, 3.63) is 70.4 Å². The van der Waals surface area contributed by atoms with Gasteiger partial charge < -0.3 is 10.6 Å². The molecule has 0 amide bonds. The number of thiophene rings is 1. The Bertz CT molecular complexity index is 840. The third kappa shape index (κ3) is 5.92. The van der Waals surface area contributed by atoms with Crippen molar-refractivity contribution in [2.24, 2.45) is 4.99 Å². The maximum Gasteiger partial charge on any atom is 0.191 e. The Labute approximate surface area is 163 Å².